The molecule has 0 saturated carbocycles. The van der Waals surface area contributed by atoms with Crippen molar-refractivity contribution in [3.05, 3.63) is 88.4 Å². The highest BCUT2D eigenvalue weighted by Crippen LogP contribution is 2.42. The van der Waals surface area contributed by atoms with Gasteiger partial charge in [-0.3, -0.25) is 4.79 Å². The van der Waals surface area contributed by atoms with Crippen molar-refractivity contribution in [2.24, 2.45) is 0 Å². The number of ether oxygens (including phenoxy) is 3. The fraction of sp³-hybridized carbons (Fsp3) is 0.231. The standard InChI is InChI=1S/C26H24ClNO5/c1-31-26(30)20-16-21(27)23(25(29)28-12-14-32-15-13-28)22(19-10-6-3-7-11-19)24(20)33-17-18-8-4-2-5-9-18/h2-11,16H,12-15,17H2,1H3. The third kappa shape index (κ3) is 5.02. The van der Waals surface area contributed by atoms with Crippen LogP contribution in [0.2, 0.25) is 5.02 Å². The molecule has 1 aliphatic heterocycles. The van der Waals surface area contributed by atoms with Crippen molar-refractivity contribution in [3.8, 4) is 16.9 Å². The number of halogens is 1. The molecule has 0 radical (unpaired) electrons. The largest absolute Gasteiger partial charge is 0.487 e. The number of methoxy groups -OCH3 is 1. The van der Waals surface area contributed by atoms with Gasteiger partial charge in [0.1, 0.15) is 17.9 Å². The quantitative estimate of drug-likeness (QED) is 0.487. The van der Waals surface area contributed by atoms with Crippen molar-refractivity contribution < 1.29 is 23.8 Å². The van der Waals surface area contributed by atoms with Crippen LogP contribution in [0, 0.1) is 0 Å². The first-order chi connectivity index (χ1) is 16.1. The first-order valence-electron chi connectivity index (χ1n) is 10.6. The second-order valence-electron chi connectivity index (χ2n) is 7.52. The average Bonchev–Trinajstić information content (AvgIpc) is 2.88. The van der Waals surface area contributed by atoms with E-state index in [9.17, 15) is 9.59 Å². The van der Waals surface area contributed by atoms with Crippen LogP contribution in [0.4, 0.5) is 0 Å². The van der Waals surface area contributed by atoms with Gasteiger partial charge in [0, 0.05) is 18.7 Å². The van der Waals surface area contributed by atoms with Crippen molar-refractivity contribution >= 4 is 23.5 Å². The molecule has 4 rings (SSSR count). The Morgan fingerprint density at radius 3 is 2.27 bits per heavy atom. The van der Waals surface area contributed by atoms with Crippen LogP contribution < -0.4 is 4.74 Å². The number of carbonyl (C=O) groups is 2. The molecule has 33 heavy (non-hydrogen) atoms. The molecular weight excluding hydrogens is 442 g/mol. The zero-order chi connectivity index (χ0) is 23.2. The minimum absolute atomic E-state index is 0.163. The number of esters is 1. The summed E-state index contributed by atoms with van der Waals surface area (Å²) >= 11 is 6.65. The number of amides is 1. The molecule has 7 heteroatoms. The van der Waals surface area contributed by atoms with E-state index in [2.05, 4.69) is 0 Å². The highest BCUT2D eigenvalue weighted by atomic mass is 35.5. The highest BCUT2D eigenvalue weighted by molar-refractivity contribution is 6.35. The van der Waals surface area contributed by atoms with Crippen LogP contribution in [0.5, 0.6) is 5.75 Å². The number of hydrogen-bond acceptors (Lipinski definition) is 5. The summed E-state index contributed by atoms with van der Waals surface area (Å²) in [6.07, 6.45) is 0. The van der Waals surface area contributed by atoms with Crippen molar-refractivity contribution in [2.45, 2.75) is 6.61 Å². The van der Waals surface area contributed by atoms with Crippen LogP contribution in [0.15, 0.2) is 66.7 Å². The summed E-state index contributed by atoms with van der Waals surface area (Å²) in [7, 11) is 1.30. The van der Waals surface area contributed by atoms with Gasteiger partial charge in [-0.25, -0.2) is 4.79 Å². The minimum Gasteiger partial charge on any atom is -0.487 e. The van der Waals surface area contributed by atoms with Crippen LogP contribution in [0.1, 0.15) is 26.3 Å². The van der Waals surface area contributed by atoms with Gasteiger partial charge in [0.15, 0.2) is 0 Å². The molecular formula is C26H24ClNO5. The van der Waals surface area contributed by atoms with Crippen LogP contribution in [0.25, 0.3) is 11.1 Å². The monoisotopic (exact) mass is 465 g/mol. The van der Waals surface area contributed by atoms with Gasteiger partial charge >= 0.3 is 5.97 Å². The lowest BCUT2D eigenvalue weighted by Crippen LogP contribution is -2.41. The predicted molar refractivity (Wildman–Crippen MR) is 126 cm³/mol. The molecule has 0 aliphatic carbocycles. The number of nitrogens with zero attached hydrogens (tertiary/aromatic N) is 1. The Labute approximate surface area is 197 Å². The van der Waals surface area contributed by atoms with E-state index >= 15 is 0 Å². The fourth-order valence-corrected chi connectivity index (χ4v) is 4.07. The molecule has 0 unspecified atom stereocenters. The summed E-state index contributed by atoms with van der Waals surface area (Å²) < 4.78 is 16.6. The maximum absolute atomic E-state index is 13.6. The van der Waals surface area contributed by atoms with Crippen LogP contribution >= 0.6 is 11.6 Å². The zero-order valence-corrected chi connectivity index (χ0v) is 19.0. The van der Waals surface area contributed by atoms with Crippen molar-refractivity contribution in [2.75, 3.05) is 33.4 Å². The van der Waals surface area contributed by atoms with Crippen molar-refractivity contribution in [1.29, 1.82) is 0 Å². The lowest BCUT2D eigenvalue weighted by molar-refractivity contribution is 0.0303. The lowest BCUT2D eigenvalue weighted by atomic mass is 9.94. The van der Waals surface area contributed by atoms with E-state index in [1.54, 1.807) is 4.90 Å². The van der Waals surface area contributed by atoms with Gasteiger partial charge in [0.2, 0.25) is 0 Å². The maximum atomic E-state index is 13.6. The van der Waals surface area contributed by atoms with Gasteiger partial charge in [-0.1, -0.05) is 72.3 Å². The third-order valence-electron chi connectivity index (χ3n) is 5.44. The van der Waals surface area contributed by atoms with Gasteiger partial charge in [-0.15, -0.1) is 0 Å². The number of benzene rings is 3. The molecule has 0 N–H and O–H groups in total. The van der Waals surface area contributed by atoms with Gasteiger partial charge in [0.05, 0.1) is 30.9 Å². The molecule has 3 aromatic carbocycles. The Kier molecular flexibility index (Phi) is 7.27. The molecule has 170 valence electrons. The first-order valence-corrected chi connectivity index (χ1v) is 11.0. The van der Waals surface area contributed by atoms with Gasteiger partial charge in [-0.2, -0.15) is 0 Å². The van der Waals surface area contributed by atoms with Crippen molar-refractivity contribution in [3.63, 3.8) is 0 Å². The summed E-state index contributed by atoms with van der Waals surface area (Å²) in [6.45, 7) is 2.05. The van der Waals surface area contributed by atoms with Gasteiger partial charge in [-0.05, 0) is 17.2 Å². The summed E-state index contributed by atoms with van der Waals surface area (Å²) in [5, 5.41) is 0.165. The molecule has 3 aromatic rings. The van der Waals surface area contributed by atoms with Crippen LogP contribution in [-0.4, -0.2) is 50.2 Å². The molecule has 0 spiro atoms. The molecule has 0 bridgehead atoms. The Morgan fingerprint density at radius 1 is 1.00 bits per heavy atom. The number of hydrogen-bond donors (Lipinski definition) is 0. The average molecular weight is 466 g/mol. The Bertz CT molecular complexity index is 1130. The molecule has 0 atom stereocenters. The van der Waals surface area contributed by atoms with E-state index in [0.29, 0.717) is 43.0 Å². The summed E-state index contributed by atoms with van der Waals surface area (Å²) in [5.41, 5.74) is 2.56. The number of carbonyl (C=O) groups excluding carboxylic acids is 2. The van der Waals surface area contributed by atoms with Crippen LogP contribution in [0.3, 0.4) is 0 Å². The second kappa shape index (κ2) is 10.5. The topological polar surface area (TPSA) is 65.1 Å². The smallest absolute Gasteiger partial charge is 0.341 e. The number of rotatable bonds is 6. The normalized spacial score (nSPS) is 13.5. The molecule has 1 fully saturated rings. The fourth-order valence-electron chi connectivity index (χ4n) is 3.79. The lowest BCUT2D eigenvalue weighted by Gasteiger charge is -2.29. The van der Waals surface area contributed by atoms with Crippen molar-refractivity contribution in [1.82, 2.24) is 4.90 Å². The van der Waals surface area contributed by atoms with E-state index in [1.807, 2.05) is 60.7 Å². The third-order valence-corrected chi connectivity index (χ3v) is 5.74. The van der Waals surface area contributed by atoms with E-state index in [4.69, 9.17) is 25.8 Å². The van der Waals surface area contributed by atoms with Crippen LogP contribution in [-0.2, 0) is 16.1 Å². The molecule has 6 nitrogen and oxygen atoms in total. The Morgan fingerprint density at radius 2 is 1.64 bits per heavy atom. The maximum Gasteiger partial charge on any atom is 0.341 e. The molecule has 1 amide bonds. The number of morpholine rings is 1. The van der Waals surface area contributed by atoms with Gasteiger partial charge < -0.3 is 19.1 Å². The van der Waals surface area contributed by atoms with Gasteiger partial charge in [0.25, 0.3) is 5.91 Å². The molecule has 1 aliphatic rings. The zero-order valence-electron chi connectivity index (χ0n) is 18.3. The molecule has 0 aromatic heterocycles. The second-order valence-corrected chi connectivity index (χ2v) is 7.93. The van der Waals surface area contributed by atoms with E-state index in [-0.39, 0.29) is 28.8 Å². The summed E-state index contributed by atoms with van der Waals surface area (Å²) in [4.78, 5) is 28.0. The first kappa shape index (κ1) is 22.8. The Balaban J connectivity index is 1.90. The summed E-state index contributed by atoms with van der Waals surface area (Å²) in [5.74, 6) is -0.566. The highest BCUT2D eigenvalue weighted by Gasteiger charge is 2.30. The minimum atomic E-state index is -0.595. The molecule has 1 saturated heterocycles. The summed E-state index contributed by atoms with van der Waals surface area (Å²) in [6, 6.07) is 20.4. The molecule has 1 heterocycles. The van der Waals surface area contributed by atoms with E-state index in [0.717, 1.165) is 5.56 Å². The van der Waals surface area contributed by atoms with E-state index < -0.39 is 5.97 Å². The predicted octanol–water partition coefficient (Wildman–Crippen LogP) is 4.85. The Hall–Kier alpha value is -3.35. The van der Waals surface area contributed by atoms with E-state index in [1.165, 1.54) is 13.2 Å². The SMILES string of the molecule is COC(=O)c1cc(Cl)c(C(=O)N2CCOCC2)c(-c2ccccc2)c1OCc1ccccc1.